The van der Waals surface area contributed by atoms with Crippen molar-refractivity contribution in [3.63, 3.8) is 0 Å². The molecule has 0 spiro atoms. The maximum Gasteiger partial charge on any atom is 0.271 e. The fourth-order valence-corrected chi connectivity index (χ4v) is 2.33. The van der Waals surface area contributed by atoms with Crippen molar-refractivity contribution in [1.82, 2.24) is 15.3 Å². The number of hydrogen-bond acceptors (Lipinski definition) is 5. The number of rotatable bonds is 4. The lowest BCUT2D eigenvalue weighted by Gasteiger charge is -2.04. The van der Waals surface area contributed by atoms with E-state index in [1.807, 2.05) is 6.07 Å². The molecule has 2 heterocycles. The number of carbonyl (C=O) groups is 1. The monoisotopic (exact) mass is 282 g/mol. The van der Waals surface area contributed by atoms with Crippen LogP contribution in [-0.2, 0) is 6.54 Å². The third-order valence-electron chi connectivity index (χ3n) is 2.18. The first-order valence-electron chi connectivity index (χ1n) is 5.21. The molecule has 0 saturated heterocycles. The number of halogens is 1. The first-order chi connectivity index (χ1) is 8.69. The van der Waals surface area contributed by atoms with E-state index in [4.69, 9.17) is 11.6 Å². The van der Waals surface area contributed by atoms with E-state index in [1.165, 1.54) is 17.5 Å². The number of carbonyl (C=O) groups excluding carboxylic acids is 1. The summed E-state index contributed by atoms with van der Waals surface area (Å²) in [5.74, 6) is 0.297. The predicted molar refractivity (Wildman–Crippen MR) is 72.1 cm³/mol. The summed E-state index contributed by atoms with van der Waals surface area (Å²) < 4.78 is 0.705. The fraction of sp³-hybridized carbons (Fsp3) is 0.182. The summed E-state index contributed by atoms with van der Waals surface area (Å²) >= 11 is 7.24. The molecule has 0 aliphatic heterocycles. The van der Waals surface area contributed by atoms with Crippen LogP contribution in [0.2, 0.25) is 4.34 Å². The highest BCUT2D eigenvalue weighted by atomic mass is 35.5. The van der Waals surface area contributed by atoms with Crippen LogP contribution in [0.5, 0.6) is 0 Å². The Kier molecular flexibility index (Phi) is 4.11. The van der Waals surface area contributed by atoms with Gasteiger partial charge in [-0.3, -0.25) is 9.78 Å². The van der Waals surface area contributed by atoms with E-state index in [1.54, 1.807) is 19.3 Å². The van der Waals surface area contributed by atoms with Crippen LogP contribution in [-0.4, -0.2) is 22.9 Å². The van der Waals surface area contributed by atoms with E-state index in [0.717, 1.165) is 4.88 Å². The van der Waals surface area contributed by atoms with Gasteiger partial charge in [-0.15, -0.1) is 11.3 Å². The molecule has 2 rings (SSSR count). The number of nitrogens with one attached hydrogen (secondary N) is 2. The second-order valence-corrected chi connectivity index (χ2v) is 5.23. The zero-order chi connectivity index (χ0) is 13.0. The van der Waals surface area contributed by atoms with Crippen LogP contribution < -0.4 is 10.6 Å². The smallest absolute Gasteiger partial charge is 0.271 e. The Balaban J connectivity index is 1.99. The quantitative estimate of drug-likeness (QED) is 0.902. The number of thiophene rings is 1. The van der Waals surface area contributed by atoms with E-state index in [-0.39, 0.29) is 11.6 Å². The van der Waals surface area contributed by atoms with Crippen molar-refractivity contribution < 1.29 is 4.79 Å². The van der Waals surface area contributed by atoms with Gasteiger partial charge in [0.05, 0.1) is 23.3 Å². The topological polar surface area (TPSA) is 66.9 Å². The highest BCUT2D eigenvalue weighted by Crippen LogP contribution is 2.21. The molecule has 0 fully saturated rings. The van der Waals surface area contributed by atoms with Crippen LogP contribution in [0, 0.1) is 0 Å². The Hall–Kier alpha value is -1.66. The molecule has 18 heavy (non-hydrogen) atoms. The molecular weight excluding hydrogens is 272 g/mol. The minimum absolute atomic E-state index is 0.260. The van der Waals surface area contributed by atoms with Gasteiger partial charge in [0.2, 0.25) is 0 Å². The molecule has 5 nitrogen and oxygen atoms in total. The van der Waals surface area contributed by atoms with Gasteiger partial charge in [-0.1, -0.05) is 11.6 Å². The highest BCUT2D eigenvalue weighted by molar-refractivity contribution is 7.16. The van der Waals surface area contributed by atoms with Crippen molar-refractivity contribution in [3.8, 4) is 0 Å². The van der Waals surface area contributed by atoms with Crippen molar-refractivity contribution >= 4 is 34.7 Å². The molecule has 0 bridgehead atoms. The van der Waals surface area contributed by atoms with E-state index in [2.05, 4.69) is 20.6 Å². The van der Waals surface area contributed by atoms with E-state index < -0.39 is 0 Å². The van der Waals surface area contributed by atoms with Gasteiger partial charge in [0.1, 0.15) is 11.5 Å². The minimum Gasteiger partial charge on any atom is -0.372 e. The maximum atomic E-state index is 11.8. The molecule has 0 radical (unpaired) electrons. The molecule has 7 heteroatoms. The van der Waals surface area contributed by atoms with Gasteiger partial charge in [-0.05, 0) is 12.1 Å². The average molecular weight is 283 g/mol. The molecule has 0 aromatic carbocycles. The zero-order valence-corrected chi connectivity index (χ0v) is 11.2. The number of aromatic nitrogens is 2. The van der Waals surface area contributed by atoms with Crippen molar-refractivity contribution in [2.75, 3.05) is 12.4 Å². The predicted octanol–water partition coefficient (Wildman–Crippen LogP) is 2.16. The number of anilines is 1. The number of hydrogen-bond donors (Lipinski definition) is 2. The third-order valence-corrected chi connectivity index (χ3v) is 3.41. The number of amides is 1. The molecule has 0 aliphatic carbocycles. The summed E-state index contributed by atoms with van der Waals surface area (Å²) in [4.78, 5) is 20.8. The Morgan fingerprint density at radius 3 is 2.94 bits per heavy atom. The highest BCUT2D eigenvalue weighted by Gasteiger charge is 2.08. The Morgan fingerprint density at radius 2 is 2.28 bits per heavy atom. The van der Waals surface area contributed by atoms with Crippen LogP contribution in [0.25, 0.3) is 0 Å². The Bertz CT molecular complexity index is 557. The van der Waals surface area contributed by atoms with Crippen LogP contribution in [0.1, 0.15) is 15.4 Å². The van der Waals surface area contributed by atoms with E-state index >= 15 is 0 Å². The van der Waals surface area contributed by atoms with Crippen LogP contribution in [0.3, 0.4) is 0 Å². The molecule has 2 aromatic rings. The lowest BCUT2D eigenvalue weighted by Crippen LogP contribution is -2.23. The summed E-state index contributed by atoms with van der Waals surface area (Å²) in [7, 11) is 1.72. The molecular formula is C11H11ClN4OS. The Labute approximate surface area is 113 Å². The first kappa shape index (κ1) is 12.8. The lowest BCUT2D eigenvalue weighted by molar-refractivity contribution is 0.0946. The van der Waals surface area contributed by atoms with Gasteiger partial charge in [0, 0.05) is 11.9 Å². The second-order valence-electron chi connectivity index (χ2n) is 3.43. The van der Waals surface area contributed by atoms with Crippen molar-refractivity contribution in [1.29, 1.82) is 0 Å². The molecule has 2 N–H and O–H groups in total. The molecule has 0 aliphatic rings. The van der Waals surface area contributed by atoms with E-state index in [0.29, 0.717) is 16.7 Å². The standard InChI is InChI=1S/C11H11ClN4OS/c1-13-10-6-14-5-8(16-10)11(17)15-4-7-2-3-9(12)18-7/h2-3,5-6H,4H2,1H3,(H,13,16)(H,15,17). The van der Waals surface area contributed by atoms with Crippen LogP contribution in [0.15, 0.2) is 24.5 Å². The van der Waals surface area contributed by atoms with E-state index in [9.17, 15) is 4.79 Å². The second kappa shape index (κ2) is 5.79. The molecule has 0 saturated carbocycles. The van der Waals surface area contributed by atoms with Crippen LogP contribution in [0.4, 0.5) is 5.82 Å². The molecule has 94 valence electrons. The van der Waals surface area contributed by atoms with Gasteiger partial charge >= 0.3 is 0 Å². The SMILES string of the molecule is CNc1cncc(C(=O)NCc2ccc(Cl)s2)n1. The van der Waals surface area contributed by atoms with Crippen LogP contribution >= 0.6 is 22.9 Å². The maximum absolute atomic E-state index is 11.8. The normalized spacial score (nSPS) is 10.1. The zero-order valence-electron chi connectivity index (χ0n) is 9.61. The lowest BCUT2D eigenvalue weighted by atomic mass is 10.4. The molecule has 2 aromatic heterocycles. The molecule has 0 atom stereocenters. The van der Waals surface area contributed by atoms with Gasteiger partial charge in [0.25, 0.3) is 5.91 Å². The van der Waals surface area contributed by atoms with Gasteiger partial charge < -0.3 is 10.6 Å². The summed E-state index contributed by atoms with van der Waals surface area (Å²) in [5, 5.41) is 5.59. The summed E-state index contributed by atoms with van der Waals surface area (Å²) in [6, 6.07) is 3.68. The van der Waals surface area contributed by atoms with Crippen molar-refractivity contribution in [3.05, 3.63) is 39.4 Å². The third kappa shape index (κ3) is 3.18. The fourth-order valence-electron chi connectivity index (χ4n) is 1.30. The summed E-state index contributed by atoms with van der Waals surface area (Å²) in [6.07, 6.45) is 2.98. The van der Waals surface area contributed by atoms with Crippen molar-refractivity contribution in [2.24, 2.45) is 0 Å². The summed E-state index contributed by atoms with van der Waals surface area (Å²) in [6.45, 7) is 0.432. The first-order valence-corrected chi connectivity index (χ1v) is 6.40. The van der Waals surface area contributed by atoms with Gasteiger partial charge in [0.15, 0.2) is 0 Å². The van der Waals surface area contributed by atoms with Gasteiger partial charge in [-0.2, -0.15) is 0 Å². The average Bonchev–Trinajstić information content (AvgIpc) is 2.82. The largest absolute Gasteiger partial charge is 0.372 e. The van der Waals surface area contributed by atoms with Crippen molar-refractivity contribution in [2.45, 2.75) is 6.54 Å². The molecule has 1 amide bonds. The van der Waals surface area contributed by atoms with Gasteiger partial charge in [-0.25, -0.2) is 4.98 Å². The Morgan fingerprint density at radius 1 is 1.44 bits per heavy atom. The number of nitrogens with zero attached hydrogens (tertiary/aromatic N) is 2. The summed E-state index contributed by atoms with van der Waals surface area (Å²) in [5.41, 5.74) is 0.282. The minimum atomic E-state index is -0.260. The molecule has 0 unspecified atom stereocenters.